The minimum atomic E-state index is -0.929. The van der Waals surface area contributed by atoms with E-state index in [1.807, 2.05) is 38.1 Å². The van der Waals surface area contributed by atoms with Crippen LogP contribution in [0, 0.1) is 0 Å². The molecule has 0 fully saturated rings. The van der Waals surface area contributed by atoms with E-state index >= 15 is 0 Å². The number of aromatic nitrogens is 2. The van der Waals surface area contributed by atoms with Gasteiger partial charge in [-0.05, 0) is 35.7 Å². The number of carboxylic acids is 1. The van der Waals surface area contributed by atoms with Crippen LogP contribution in [-0.2, 0) is 13.7 Å². The number of aryl methyl sites for hydroxylation is 1. The molecule has 26 heavy (non-hydrogen) atoms. The highest BCUT2D eigenvalue weighted by Gasteiger charge is 2.17. The zero-order valence-electron chi connectivity index (χ0n) is 16.0. The molecular weight excluding hydrogens is 328 g/mol. The molecule has 0 radical (unpaired) electrons. The number of pyridine rings is 1. The van der Waals surface area contributed by atoms with Crippen LogP contribution < -0.4 is 4.74 Å². The number of carbonyl (C=O) groups is 1. The summed E-state index contributed by atoms with van der Waals surface area (Å²) in [5.74, 6) is 0.0588. The topological polar surface area (TPSA) is 64.3 Å². The van der Waals surface area contributed by atoms with Gasteiger partial charge in [-0.15, -0.1) is 0 Å². The van der Waals surface area contributed by atoms with E-state index in [1.165, 1.54) is 0 Å². The fourth-order valence-corrected chi connectivity index (χ4v) is 2.89. The van der Waals surface area contributed by atoms with Gasteiger partial charge in [-0.1, -0.05) is 33.8 Å². The Morgan fingerprint density at radius 2 is 2.00 bits per heavy atom. The van der Waals surface area contributed by atoms with Crippen LogP contribution in [0.1, 0.15) is 55.2 Å². The van der Waals surface area contributed by atoms with E-state index in [0.717, 1.165) is 27.8 Å². The van der Waals surface area contributed by atoms with Crippen molar-refractivity contribution < 1.29 is 14.6 Å². The molecule has 0 atom stereocenters. The molecule has 5 nitrogen and oxygen atoms in total. The van der Waals surface area contributed by atoms with Crippen molar-refractivity contribution in [1.82, 2.24) is 9.55 Å². The number of benzene rings is 1. The minimum absolute atomic E-state index is 0.254. The summed E-state index contributed by atoms with van der Waals surface area (Å²) >= 11 is 0. The van der Waals surface area contributed by atoms with Crippen molar-refractivity contribution in [2.24, 2.45) is 7.05 Å². The molecule has 0 aliphatic rings. The summed E-state index contributed by atoms with van der Waals surface area (Å²) in [7, 11) is 1.79. The zero-order valence-corrected chi connectivity index (χ0v) is 16.0. The molecule has 0 bridgehead atoms. The summed E-state index contributed by atoms with van der Waals surface area (Å²) in [5, 5.41) is 10.2. The Labute approximate surface area is 154 Å². The van der Waals surface area contributed by atoms with Crippen LogP contribution in [-0.4, -0.2) is 20.6 Å². The van der Waals surface area contributed by atoms with Gasteiger partial charge in [-0.3, -0.25) is 4.98 Å². The highest BCUT2D eigenvalue weighted by molar-refractivity contribution is 5.96. The molecule has 5 heteroatoms. The lowest BCUT2D eigenvalue weighted by Crippen LogP contribution is -2.05. The van der Waals surface area contributed by atoms with Gasteiger partial charge in [-0.2, -0.15) is 0 Å². The lowest BCUT2D eigenvalue weighted by Gasteiger charge is -2.14. The number of ether oxygens (including phenoxy) is 1. The summed E-state index contributed by atoms with van der Waals surface area (Å²) in [4.78, 5) is 15.5. The van der Waals surface area contributed by atoms with Gasteiger partial charge in [-0.25, -0.2) is 4.79 Å². The van der Waals surface area contributed by atoms with Gasteiger partial charge >= 0.3 is 5.97 Å². The molecule has 138 valence electrons. The molecule has 0 unspecified atom stereocenters. The maximum atomic E-state index is 11.4. The van der Waals surface area contributed by atoms with Gasteiger partial charge in [0, 0.05) is 30.4 Å². The van der Waals surface area contributed by atoms with Crippen molar-refractivity contribution in [1.29, 1.82) is 0 Å². The molecule has 2 heterocycles. The van der Waals surface area contributed by atoms with E-state index < -0.39 is 5.97 Å². The van der Waals surface area contributed by atoms with E-state index in [9.17, 15) is 9.90 Å². The number of hydrogen-bond donors (Lipinski definition) is 1. The molecule has 2 aromatic heterocycles. The van der Waals surface area contributed by atoms with Crippen LogP contribution in [0.25, 0.3) is 10.9 Å². The third-order valence-electron chi connectivity index (χ3n) is 4.10. The normalized spacial score (nSPS) is 10.5. The lowest BCUT2D eigenvalue weighted by molar-refractivity contribution is 0.0687. The number of rotatable bonds is 5. The first-order valence-corrected chi connectivity index (χ1v) is 8.85. The quantitative estimate of drug-likeness (QED) is 0.700. The number of aromatic carboxylic acids is 1. The van der Waals surface area contributed by atoms with Crippen LogP contribution in [0.4, 0.5) is 0 Å². The Bertz CT molecular complexity index is 883. The Hall–Kier alpha value is -2.82. The van der Waals surface area contributed by atoms with E-state index in [2.05, 4.69) is 18.8 Å². The molecule has 0 aliphatic heterocycles. The molecular formula is C21H26N2O3. The fourth-order valence-electron chi connectivity index (χ4n) is 2.89. The van der Waals surface area contributed by atoms with Crippen molar-refractivity contribution in [3.8, 4) is 5.75 Å². The SMILES string of the molecule is CC.CC(C)c1cc(OCc2cccnc2)cc2cc(C(=O)O)n(C)c12. The highest BCUT2D eigenvalue weighted by Crippen LogP contribution is 2.32. The van der Waals surface area contributed by atoms with Crippen molar-refractivity contribution in [3.05, 3.63) is 59.5 Å². The van der Waals surface area contributed by atoms with Gasteiger partial charge in [0.1, 0.15) is 18.1 Å². The van der Waals surface area contributed by atoms with E-state index in [1.54, 1.807) is 30.1 Å². The second kappa shape index (κ2) is 8.52. The number of fused-ring (bicyclic) bond motifs is 1. The lowest BCUT2D eigenvalue weighted by atomic mass is 10.00. The summed E-state index contributed by atoms with van der Waals surface area (Å²) in [6, 6.07) is 9.41. The summed E-state index contributed by atoms with van der Waals surface area (Å²) < 4.78 is 7.64. The second-order valence-electron chi connectivity index (χ2n) is 6.15. The van der Waals surface area contributed by atoms with E-state index in [4.69, 9.17) is 4.74 Å². The molecule has 3 aromatic rings. The monoisotopic (exact) mass is 354 g/mol. The predicted octanol–water partition coefficient (Wildman–Crippen LogP) is 5.00. The van der Waals surface area contributed by atoms with Crippen molar-refractivity contribution >= 4 is 16.9 Å². The maximum absolute atomic E-state index is 11.4. The van der Waals surface area contributed by atoms with Gasteiger partial charge in [0.05, 0.1) is 5.52 Å². The fraction of sp³-hybridized carbons (Fsp3) is 0.333. The van der Waals surface area contributed by atoms with Crippen LogP contribution in [0.3, 0.4) is 0 Å². The predicted molar refractivity (Wildman–Crippen MR) is 104 cm³/mol. The molecule has 0 aliphatic carbocycles. The van der Waals surface area contributed by atoms with Crippen molar-refractivity contribution in [3.63, 3.8) is 0 Å². The van der Waals surface area contributed by atoms with E-state index in [0.29, 0.717) is 6.61 Å². The van der Waals surface area contributed by atoms with Crippen LogP contribution >= 0.6 is 0 Å². The van der Waals surface area contributed by atoms with Crippen LogP contribution in [0.5, 0.6) is 5.75 Å². The van der Waals surface area contributed by atoms with Crippen LogP contribution in [0.15, 0.2) is 42.7 Å². The summed E-state index contributed by atoms with van der Waals surface area (Å²) in [6.45, 7) is 8.61. The third-order valence-corrected chi connectivity index (χ3v) is 4.10. The zero-order chi connectivity index (χ0) is 19.3. The molecule has 3 rings (SSSR count). The largest absolute Gasteiger partial charge is 0.489 e. The first kappa shape index (κ1) is 19.5. The average molecular weight is 354 g/mol. The number of carboxylic acid groups (broad SMARTS) is 1. The van der Waals surface area contributed by atoms with E-state index in [-0.39, 0.29) is 11.6 Å². The summed E-state index contributed by atoms with van der Waals surface area (Å²) in [5.41, 5.74) is 3.28. The molecule has 1 aromatic carbocycles. The molecule has 1 N–H and O–H groups in total. The van der Waals surface area contributed by atoms with Gasteiger partial charge in [0.2, 0.25) is 0 Å². The molecule has 0 saturated carbocycles. The first-order chi connectivity index (χ1) is 12.5. The molecule has 0 saturated heterocycles. The van der Waals surface area contributed by atoms with Crippen LogP contribution in [0.2, 0.25) is 0 Å². The first-order valence-electron chi connectivity index (χ1n) is 8.85. The Balaban J connectivity index is 0.00000117. The second-order valence-corrected chi connectivity index (χ2v) is 6.15. The third kappa shape index (κ3) is 4.04. The van der Waals surface area contributed by atoms with Crippen molar-refractivity contribution in [2.45, 2.75) is 40.2 Å². The number of nitrogens with zero attached hydrogens (tertiary/aromatic N) is 2. The Morgan fingerprint density at radius 1 is 1.27 bits per heavy atom. The minimum Gasteiger partial charge on any atom is -0.489 e. The Kier molecular flexibility index (Phi) is 6.39. The van der Waals surface area contributed by atoms with Gasteiger partial charge in [0.15, 0.2) is 0 Å². The average Bonchev–Trinajstić information content (AvgIpc) is 2.99. The smallest absolute Gasteiger partial charge is 0.352 e. The van der Waals surface area contributed by atoms with Crippen molar-refractivity contribution in [2.75, 3.05) is 0 Å². The molecule has 0 spiro atoms. The highest BCUT2D eigenvalue weighted by atomic mass is 16.5. The standard InChI is InChI=1S/C19H20N2O3.C2H6/c1-12(2)16-9-15(24-11-13-5-4-6-20-10-13)7-14-8-17(19(22)23)21(3)18(14)16;1-2/h4-10,12H,11H2,1-3H3,(H,22,23);1-2H3. The maximum Gasteiger partial charge on any atom is 0.352 e. The summed E-state index contributed by atoms with van der Waals surface area (Å²) in [6.07, 6.45) is 3.50. The molecule has 0 amide bonds. The van der Waals surface area contributed by atoms with Gasteiger partial charge in [0.25, 0.3) is 0 Å². The number of hydrogen-bond acceptors (Lipinski definition) is 3. The van der Waals surface area contributed by atoms with Gasteiger partial charge < -0.3 is 14.4 Å². The Morgan fingerprint density at radius 3 is 2.58 bits per heavy atom.